The van der Waals surface area contributed by atoms with Crippen molar-refractivity contribution in [2.24, 2.45) is 10.9 Å². The van der Waals surface area contributed by atoms with Crippen molar-refractivity contribution in [3.63, 3.8) is 0 Å². The monoisotopic (exact) mass is 358 g/mol. The fourth-order valence-electron chi connectivity index (χ4n) is 2.07. The first-order valence-electron chi connectivity index (χ1n) is 6.63. The number of halogens is 2. The van der Waals surface area contributed by atoms with Crippen LogP contribution in [0.25, 0.3) is 10.2 Å². The SMILES string of the molecule is COC(=O)Cn1c(=NC(=O)C2CC2)sc2cc(Cl)cc(Cl)c21. The number of fused-ring (bicyclic) bond motifs is 1. The second-order valence-electron chi connectivity index (χ2n) is 5.01. The number of hydrogen-bond donors (Lipinski definition) is 0. The second-order valence-corrected chi connectivity index (χ2v) is 6.86. The first-order chi connectivity index (χ1) is 10.5. The zero-order valence-electron chi connectivity index (χ0n) is 11.6. The summed E-state index contributed by atoms with van der Waals surface area (Å²) in [5.41, 5.74) is 0.629. The van der Waals surface area contributed by atoms with Gasteiger partial charge in [-0.15, -0.1) is 0 Å². The molecule has 0 spiro atoms. The van der Waals surface area contributed by atoms with Crippen molar-refractivity contribution in [2.45, 2.75) is 19.4 Å². The van der Waals surface area contributed by atoms with Crippen LogP contribution in [-0.2, 0) is 20.9 Å². The molecule has 1 amide bonds. The Labute approximate surface area is 140 Å². The van der Waals surface area contributed by atoms with E-state index >= 15 is 0 Å². The summed E-state index contributed by atoms with van der Waals surface area (Å²) >= 11 is 13.5. The first kappa shape index (κ1) is 15.5. The van der Waals surface area contributed by atoms with Gasteiger partial charge in [0.2, 0.25) is 0 Å². The van der Waals surface area contributed by atoms with Gasteiger partial charge in [0.05, 0.1) is 22.3 Å². The normalized spacial score (nSPS) is 15.3. The molecule has 1 fully saturated rings. The van der Waals surface area contributed by atoms with Crippen molar-refractivity contribution < 1.29 is 14.3 Å². The number of carbonyl (C=O) groups is 2. The van der Waals surface area contributed by atoms with Gasteiger partial charge in [0.1, 0.15) is 6.54 Å². The van der Waals surface area contributed by atoms with Gasteiger partial charge in [-0.2, -0.15) is 4.99 Å². The van der Waals surface area contributed by atoms with Crippen molar-refractivity contribution >= 4 is 56.6 Å². The number of methoxy groups -OCH3 is 1. The standard InChI is InChI=1S/C14H12Cl2N2O3S/c1-21-11(19)6-18-12-9(16)4-8(15)5-10(12)22-14(18)17-13(20)7-2-3-7/h4-5,7H,2-3,6H2,1H3. The van der Waals surface area contributed by atoms with Crippen LogP contribution in [0.5, 0.6) is 0 Å². The van der Waals surface area contributed by atoms with E-state index in [1.165, 1.54) is 18.4 Å². The Morgan fingerprint density at radius 2 is 2.14 bits per heavy atom. The van der Waals surface area contributed by atoms with Gasteiger partial charge in [0, 0.05) is 10.9 Å². The van der Waals surface area contributed by atoms with Gasteiger partial charge in [-0.3, -0.25) is 9.59 Å². The molecule has 0 atom stereocenters. The summed E-state index contributed by atoms with van der Waals surface area (Å²) in [4.78, 5) is 28.2. The van der Waals surface area contributed by atoms with E-state index in [1.54, 1.807) is 16.7 Å². The molecule has 2 aromatic rings. The fraction of sp³-hybridized carbons (Fsp3) is 0.357. The van der Waals surface area contributed by atoms with E-state index in [2.05, 4.69) is 4.99 Å². The zero-order chi connectivity index (χ0) is 15.9. The van der Waals surface area contributed by atoms with Gasteiger partial charge >= 0.3 is 5.97 Å². The number of nitrogens with zero attached hydrogens (tertiary/aromatic N) is 2. The number of amides is 1. The maximum absolute atomic E-state index is 12.0. The average Bonchev–Trinajstić information content (AvgIpc) is 3.24. The molecule has 0 unspecified atom stereocenters. The highest BCUT2D eigenvalue weighted by atomic mass is 35.5. The molecule has 0 bridgehead atoms. The summed E-state index contributed by atoms with van der Waals surface area (Å²) in [6.45, 7) is -0.0609. The van der Waals surface area contributed by atoms with Crippen molar-refractivity contribution in [3.8, 4) is 0 Å². The Kier molecular flexibility index (Phi) is 4.25. The summed E-state index contributed by atoms with van der Waals surface area (Å²) in [6, 6.07) is 3.33. The Balaban J connectivity index is 2.20. The van der Waals surface area contributed by atoms with Crippen molar-refractivity contribution in [1.82, 2.24) is 4.57 Å². The number of aromatic nitrogens is 1. The molecule has 0 N–H and O–H groups in total. The van der Waals surface area contributed by atoms with Crippen LogP contribution in [0.3, 0.4) is 0 Å². The van der Waals surface area contributed by atoms with Crippen molar-refractivity contribution in [2.75, 3.05) is 7.11 Å². The van der Waals surface area contributed by atoms with E-state index in [1.807, 2.05) is 0 Å². The van der Waals surface area contributed by atoms with Gasteiger partial charge in [-0.05, 0) is 25.0 Å². The summed E-state index contributed by atoms with van der Waals surface area (Å²) in [5, 5.41) is 0.895. The van der Waals surface area contributed by atoms with Crippen LogP contribution in [0.15, 0.2) is 17.1 Å². The maximum atomic E-state index is 12.0. The van der Waals surface area contributed by atoms with Crippen molar-refractivity contribution in [3.05, 3.63) is 27.0 Å². The molecule has 0 aliphatic heterocycles. The van der Waals surface area contributed by atoms with E-state index in [0.717, 1.165) is 17.5 Å². The van der Waals surface area contributed by atoms with Gasteiger partial charge in [-0.1, -0.05) is 34.5 Å². The predicted octanol–water partition coefficient (Wildman–Crippen LogP) is 3.02. The number of carbonyl (C=O) groups excluding carboxylic acids is 2. The van der Waals surface area contributed by atoms with Crippen LogP contribution in [-0.4, -0.2) is 23.6 Å². The molecule has 0 saturated heterocycles. The molecule has 116 valence electrons. The van der Waals surface area contributed by atoms with E-state index in [4.69, 9.17) is 27.9 Å². The molecule has 5 nitrogen and oxygen atoms in total. The van der Waals surface area contributed by atoms with Gasteiger partial charge in [0.25, 0.3) is 5.91 Å². The Morgan fingerprint density at radius 3 is 2.77 bits per heavy atom. The fourth-order valence-corrected chi connectivity index (χ4v) is 3.89. The molecule has 8 heteroatoms. The highest BCUT2D eigenvalue weighted by molar-refractivity contribution is 7.16. The third kappa shape index (κ3) is 3.04. The number of rotatable bonds is 3. The molecule has 3 rings (SSSR count). The van der Waals surface area contributed by atoms with Crippen LogP contribution in [0.2, 0.25) is 10.0 Å². The Morgan fingerprint density at radius 1 is 1.41 bits per heavy atom. The lowest BCUT2D eigenvalue weighted by Crippen LogP contribution is -2.22. The minimum atomic E-state index is -0.439. The predicted molar refractivity (Wildman–Crippen MR) is 85.1 cm³/mol. The summed E-state index contributed by atoms with van der Waals surface area (Å²) in [7, 11) is 1.31. The molecule has 22 heavy (non-hydrogen) atoms. The maximum Gasteiger partial charge on any atom is 0.325 e. The molecular formula is C14H12Cl2N2O3S. The molecule has 1 heterocycles. The highest BCUT2D eigenvalue weighted by Gasteiger charge is 2.29. The Hall–Kier alpha value is -1.37. The molecule has 1 aliphatic rings. The number of ether oxygens (including phenoxy) is 1. The van der Waals surface area contributed by atoms with E-state index in [0.29, 0.717) is 20.4 Å². The second kappa shape index (κ2) is 6.02. The molecular weight excluding hydrogens is 347 g/mol. The average molecular weight is 359 g/mol. The van der Waals surface area contributed by atoms with Gasteiger partial charge < -0.3 is 9.30 Å². The van der Waals surface area contributed by atoms with Crippen LogP contribution in [0.1, 0.15) is 12.8 Å². The minimum absolute atomic E-state index is 0.0100. The van der Waals surface area contributed by atoms with E-state index < -0.39 is 5.97 Å². The van der Waals surface area contributed by atoms with Crippen LogP contribution >= 0.6 is 34.5 Å². The number of benzene rings is 1. The van der Waals surface area contributed by atoms with E-state index in [9.17, 15) is 9.59 Å². The minimum Gasteiger partial charge on any atom is -0.468 e. The Bertz CT molecular complexity index is 836. The lowest BCUT2D eigenvalue weighted by Gasteiger charge is -2.05. The largest absolute Gasteiger partial charge is 0.468 e. The summed E-state index contributed by atoms with van der Waals surface area (Å²) < 4.78 is 7.07. The third-order valence-corrected chi connectivity index (χ3v) is 4.87. The van der Waals surface area contributed by atoms with E-state index in [-0.39, 0.29) is 18.4 Å². The molecule has 1 saturated carbocycles. The lowest BCUT2D eigenvalue weighted by molar-refractivity contribution is -0.141. The highest BCUT2D eigenvalue weighted by Crippen LogP contribution is 2.31. The third-order valence-electron chi connectivity index (χ3n) is 3.34. The first-order valence-corrected chi connectivity index (χ1v) is 8.20. The molecule has 1 aromatic heterocycles. The number of hydrogen-bond acceptors (Lipinski definition) is 4. The van der Waals surface area contributed by atoms with Crippen LogP contribution < -0.4 is 4.80 Å². The number of esters is 1. The molecule has 1 aliphatic carbocycles. The lowest BCUT2D eigenvalue weighted by atomic mass is 10.3. The zero-order valence-corrected chi connectivity index (χ0v) is 14.0. The molecule has 1 aromatic carbocycles. The van der Waals surface area contributed by atoms with Gasteiger partial charge in [-0.25, -0.2) is 0 Å². The topological polar surface area (TPSA) is 60.7 Å². The van der Waals surface area contributed by atoms with Crippen LogP contribution in [0, 0.1) is 5.92 Å². The summed E-state index contributed by atoms with van der Waals surface area (Å²) in [5.74, 6) is -0.589. The van der Waals surface area contributed by atoms with Crippen molar-refractivity contribution in [1.29, 1.82) is 0 Å². The molecule has 0 radical (unpaired) electrons. The summed E-state index contributed by atoms with van der Waals surface area (Å²) in [6.07, 6.45) is 1.74. The number of thiazole rings is 1. The smallest absolute Gasteiger partial charge is 0.325 e. The van der Waals surface area contributed by atoms with Crippen LogP contribution in [0.4, 0.5) is 0 Å². The quantitative estimate of drug-likeness (QED) is 0.792. The van der Waals surface area contributed by atoms with Gasteiger partial charge in [0.15, 0.2) is 4.80 Å².